The van der Waals surface area contributed by atoms with Crippen LogP contribution in [0, 0.1) is 5.92 Å². The van der Waals surface area contributed by atoms with Gasteiger partial charge in [-0.1, -0.05) is 13.8 Å². The monoisotopic (exact) mass is 342 g/mol. The SMILES string of the molecule is COc1ccc2oc(CNC(=O)c3cc(CC(C)C)nn3C)nc2c1. The van der Waals surface area contributed by atoms with Gasteiger partial charge in [-0.2, -0.15) is 5.10 Å². The molecular formula is C18H22N4O3. The highest BCUT2D eigenvalue weighted by Gasteiger charge is 2.15. The summed E-state index contributed by atoms with van der Waals surface area (Å²) >= 11 is 0. The van der Waals surface area contributed by atoms with Crippen LogP contribution in [-0.2, 0) is 20.0 Å². The maximum absolute atomic E-state index is 12.4. The molecule has 3 aromatic rings. The smallest absolute Gasteiger partial charge is 0.269 e. The van der Waals surface area contributed by atoms with Crippen LogP contribution in [0.1, 0.15) is 35.9 Å². The fourth-order valence-corrected chi connectivity index (χ4v) is 2.66. The predicted octanol–water partition coefficient (Wildman–Crippen LogP) is 2.70. The van der Waals surface area contributed by atoms with Crippen LogP contribution in [0.15, 0.2) is 28.7 Å². The molecule has 0 saturated carbocycles. The molecule has 2 aromatic heterocycles. The van der Waals surface area contributed by atoms with E-state index in [2.05, 4.69) is 29.2 Å². The molecule has 0 fully saturated rings. The lowest BCUT2D eigenvalue weighted by atomic mass is 10.1. The van der Waals surface area contributed by atoms with Crippen LogP contribution >= 0.6 is 0 Å². The molecule has 132 valence electrons. The number of amides is 1. The molecule has 0 aliphatic rings. The van der Waals surface area contributed by atoms with Crippen molar-refractivity contribution < 1.29 is 13.9 Å². The topological polar surface area (TPSA) is 82.2 Å². The highest BCUT2D eigenvalue weighted by Crippen LogP contribution is 2.21. The number of benzene rings is 1. The minimum atomic E-state index is -0.204. The first kappa shape index (κ1) is 17.0. The Morgan fingerprint density at radius 1 is 1.36 bits per heavy atom. The molecule has 3 rings (SSSR count). The summed E-state index contributed by atoms with van der Waals surface area (Å²) in [6, 6.07) is 7.23. The summed E-state index contributed by atoms with van der Waals surface area (Å²) in [6.45, 7) is 4.45. The minimum absolute atomic E-state index is 0.204. The van der Waals surface area contributed by atoms with Gasteiger partial charge in [-0.05, 0) is 30.5 Å². The molecule has 25 heavy (non-hydrogen) atoms. The van der Waals surface area contributed by atoms with Crippen molar-refractivity contribution in [2.45, 2.75) is 26.8 Å². The second-order valence-electron chi connectivity index (χ2n) is 6.37. The minimum Gasteiger partial charge on any atom is -0.497 e. The highest BCUT2D eigenvalue weighted by molar-refractivity contribution is 5.92. The van der Waals surface area contributed by atoms with E-state index in [1.54, 1.807) is 31.0 Å². The van der Waals surface area contributed by atoms with Crippen LogP contribution in [0.25, 0.3) is 11.1 Å². The van der Waals surface area contributed by atoms with Crippen molar-refractivity contribution in [3.63, 3.8) is 0 Å². The Morgan fingerprint density at radius 2 is 2.16 bits per heavy atom. The van der Waals surface area contributed by atoms with Crippen molar-refractivity contribution >= 4 is 17.0 Å². The van der Waals surface area contributed by atoms with Gasteiger partial charge in [-0.25, -0.2) is 4.98 Å². The lowest BCUT2D eigenvalue weighted by Gasteiger charge is -2.02. The highest BCUT2D eigenvalue weighted by atomic mass is 16.5. The second-order valence-corrected chi connectivity index (χ2v) is 6.37. The number of carbonyl (C=O) groups is 1. The van der Waals surface area contributed by atoms with Gasteiger partial charge in [0.2, 0.25) is 5.89 Å². The first-order valence-electron chi connectivity index (χ1n) is 8.21. The first-order valence-corrected chi connectivity index (χ1v) is 8.21. The fraction of sp³-hybridized carbons (Fsp3) is 0.389. The van der Waals surface area contributed by atoms with E-state index in [0.717, 1.165) is 12.1 Å². The second kappa shape index (κ2) is 6.96. The van der Waals surface area contributed by atoms with E-state index in [9.17, 15) is 4.79 Å². The number of aryl methyl sites for hydroxylation is 1. The van der Waals surface area contributed by atoms with Crippen LogP contribution in [0.5, 0.6) is 5.75 Å². The molecule has 7 heteroatoms. The van der Waals surface area contributed by atoms with Crippen LogP contribution < -0.4 is 10.1 Å². The van der Waals surface area contributed by atoms with Crippen LogP contribution in [0.3, 0.4) is 0 Å². The van der Waals surface area contributed by atoms with Gasteiger partial charge in [0.05, 0.1) is 19.3 Å². The molecule has 0 bridgehead atoms. The number of ether oxygens (including phenoxy) is 1. The molecule has 0 aliphatic heterocycles. The van der Waals surface area contributed by atoms with E-state index in [1.165, 1.54) is 0 Å². The Hall–Kier alpha value is -2.83. The molecule has 1 amide bonds. The van der Waals surface area contributed by atoms with Gasteiger partial charge in [0.1, 0.15) is 17.0 Å². The molecule has 0 atom stereocenters. The van der Waals surface area contributed by atoms with Crippen molar-refractivity contribution in [3.8, 4) is 5.75 Å². The lowest BCUT2D eigenvalue weighted by molar-refractivity contribution is 0.0938. The molecule has 0 spiro atoms. The molecule has 0 aliphatic carbocycles. The summed E-state index contributed by atoms with van der Waals surface area (Å²) in [5.41, 5.74) is 2.79. The summed E-state index contributed by atoms with van der Waals surface area (Å²) in [7, 11) is 3.37. The standard InChI is InChI=1S/C18H22N4O3/c1-11(2)7-12-8-15(22(3)21-12)18(23)19-10-17-20-14-9-13(24-4)5-6-16(14)25-17/h5-6,8-9,11H,7,10H2,1-4H3,(H,19,23). The predicted molar refractivity (Wildman–Crippen MR) is 93.5 cm³/mol. The quantitative estimate of drug-likeness (QED) is 0.745. The number of oxazole rings is 1. The summed E-state index contributed by atoms with van der Waals surface area (Å²) in [5, 5.41) is 7.21. The molecular weight excluding hydrogens is 320 g/mol. The zero-order valence-electron chi connectivity index (χ0n) is 14.9. The van der Waals surface area contributed by atoms with Gasteiger partial charge < -0.3 is 14.5 Å². The van der Waals surface area contributed by atoms with Crippen molar-refractivity contribution in [3.05, 3.63) is 41.5 Å². The number of nitrogens with one attached hydrogen (secondary N) is 1. The zero-order valence-corrected chi connectivity index (χ0v) is 14.9. The van der Waals surface area contributed by atoms with Gasteiger partial charge in [0.25, 0.3) is 5.91 Å². The molecule has 0 saturated heterocycles. The fourth-order valence-electron chi connectivity index (χ4n) is 2.66. The average Bonchev–Trinajstić information content (AvgIpc) is 3.14. The van der Waals surface area contributed by atoms with E-state index < -0.39 is 0 Å². The van der Waals surface area contributed by atoms with E-state index in [0.29, 0.717) is 34.4 Å². The maximum atomic E-state index is 12.4. The Morgan fingerprint density at radius 3 is 2.88 bits per heavy atom. The molecule has 2 heterocycles. The van der Waals surface area contributed by atoms with Gasteiger partial charge in [-0.15, -0.1) is 0 Å². The Bertz CT molecular complexity index is 895. The number of nitrogens with zero attached hydrogens (tertiary/aromatic N) is 3. The number of methoxy groups -OCH3 is 1. The molecule has 1 aromatic carbocycles. The summed E-state index contributed by atoms with van der Waals surface area (Å²) in [4.78, 5) is 16.8. The third-order valence-electron chi connectivity index (χ3n) is 3.82. The summed E-state index contributed by atoms with van der Waals surface area (Å²) in [5.74, 6) is 1.44. The van der Waals surface area contributed by atoms with Crippen molar-refractivity contribution in [1.29, 1.82) is 0 Å². The van der Waals surface area contributed by atoms with Crippen LogP contribution in [0.2, 0.25) is 0 Å². The molecule has 1 N–H and O–H groups in total. The van der Waals surface area contributed by atoms with Crippen LogP contribution in [-0.4, -0.2) is 27.8 Å². The van der Waals surface area contributed by atoms with Crippen molar-refractivity contribution in [2.75, 3.05) is 7.11 Å². The summed E-state index contributed by atoms with van der Waals surface area (Å²) in [6.07, 6.45) is 0.841. The molecule has 0 unspecified atom stereocenters. The number of hydrogen-bond donors (Lipinski definition) is 1. The van der Waals surface area contributed by atoms with E-state index in [1.807, 2.05) is 12.1 Å². The van der Waals surface area contributed by atoms with Gasteiger partial charge in [0, 0.05) is 13.1 Å². The van der Waals surface area contributed by atoms with Gasteiger partial charge in [0.15, 0.2) is 5.58 Å². The van der Waals surface area contributed by atoms with Crippen molar-refractivity contribution in [2.24, 2.45) is 13.0 Å². The number of aromatic nitrogens is 3. The molecule has 7 nitrogen and oxygen atoms in total. The lowest BCUT2D eigenvalue weighted by Crippen LogP contribution is -2.25. The van der Waals surface area contributed by atoms with Gasteiger partial charge >= 0.3 is 0 Å². The van der Waals surface area contributed by atoms with E-state index in [-0.39, 0.29) is 12.5 Å². The largest absolute Gasteiger partial charge is 0.497 e. The summed E-state index contributed by atoms with van der Waals surface area (Å²) < 4.78 is 12.4. The maximum Gasteiger partial charge on any atom is 0.269 e. The third-order valence-corrected chi connectivity index (χ3v) is 3.82. The average molecular weight is 342 g/mol. The van der Waals surface area contributed by atoms with E-state index in [4.69, 9.17) is 9.15 Å². The Kier molecular flexibility index (Phi) is 4.74. The van der Waals surface area contributed by atoms with Crippen LogP contribution in [0.4, 0.5) is 0 Å². The normalized spacial score (nSPS) is 11.2. The van der Waals surface area contributed by atoms with Gasteiger partial charge in [-0.3, -0.25) is 9.48 Å². The number of hydrogen-bond acceptors (Lipinski definition) is 5. The molecule has 0 radical (unpaired) electrons. The first-order chi connectivity index (χ1) is 12.0. The van der Waals surface area contributed by atoms with E-state index >= 15 is 0 Å². The Labute approximate surface area is 146 Å². The zero-order chi connectivity index (χ0) is 18.0. The Balaban J connectivity index is 1.69. The number of rotatable bonds is 6. The van der Waals surface area contributed by atoms with Crippen molar-refractivity contribution in [1.82, 2.24) is 20.1 Å². The number of fused-ring (bicyclic) bond motifs is 1. The number of carbonyl (C=O) groups excluding carboxylic acids is 1. The third kappa shape index (κ3) is 3.81.